The molecular formula is C17H21N5O4S. The summed E-state index contributed by atoms with van der Waals surface area (Å²) in [5.41, 5.74) is 0.521. The topological polar surface area (TPSA) is 102 Å². The van der Waals surface area contributed by atoms with E-state index >= 15 is 0 Å². The highest BCUT2D eigenvalue weighted by atomic mass is 32.1. The zero-order chi connectivity index (χ0) is 20.0. The number of amides is 1. The zero-order valence-corrected chi connectivity index (χ0v) is 16.4. The quantitative estimate of drug-likeness (QED) is 0.565. The Bertz CT molecular complexity index is 965. The Balaban J connectivity index is 2.28. The maximum Gasteiger partial charge on any atom is 0.296 e. The number of ether oxygens (including phenoxy) is 2. The fourth-order valence-corrected chi connectivity index (χ4v) is 2.14. The third-order valence-corrected chi connectivity index (χ3v) is 3.72. The first-order valence-corrected chi connectivity index (χ1v) is 8.56. The Morgan fingerprint density at radius 1 is 1.37 bits per heavy atom. The van der Waals surface area contributed by atoms with E-state index in [2.05, 4.69) is 15.3 Å². The van der Waals surface area contributed by atoms with Gasteiger partial charge in [-0.1, -0.05) is 0 Å². The van der Waals surface area contributed by atoms with Crippen molar-refractivity contribution in [2.24, 2.45) is 5.10 Å². The lowest BCUT2D eigenvalue weighted by Crippen LogP contribution is -2.27. The monoisotopic (exact) mass is 391 g/mol. The summed E-state index contributed by atoms with van der Waals surface area (Å²) >= 11 is 5.03. The van der Waals surface area contributed by atoms with E-state index in [0.717, 1.165) is 4.68 Å². The first-order chi connectivity index (χ1) is 12.8. The molecule has 2 aromatic rings. The largest absolute Gasteiger partial charge is 0.490 e. The molecule has 0 aliphatic carbocycles. The fourth-order valence-electron chi connectivity index (χ4n) is 1.96. The molecule has 0 aliphatic heterocycles. The van der Waals surface area contributed by atoms with Crippen molar-refractivity contribution >= 4 is 24.3 Å². The van der Waals surface area contributed by atoms with E-state index in [-0.39, 0.29) is 23.0 Å². The van der Waals surface area contributed by atoms with Gasteiger partial charge in [-0.2, -0.15) is 14.9 Å². The lowest BCUT2D eigenvalue weighted by Gasteiger charge is -2.14. The minimum absolute atomic E-state index is 0.0917. The molecule has 0 fully saturated rings. The number of likely N-dealkylation sites (N-methyl/N-ethyl adjacent to an activating group) is 1. The Kier molecular flexibility index (Phi) is 6.83. The maximum absolute atomic E-state index is 12.1. The second-order valence-electron chi connectivity index (χ2n) is 5.69. The van der Waals surface area contributed by atoms with Crippen molar-refractivity contribution in [3.8, 4) is 11.5 Å². The van der Waals surface area contributed by atoms with Gasteiger partial charge in [-0.05, 0) is 49.8 Å². The van der Waals surface area contributed by atoms with Crippen LogP contribution in [-0.2, 0) is 4.79 Å². The summed E-state index contributed by atoms with van der Waals surface area (Å²) in [5, 5.41) is 10.5. The highest BCUT2D eigenvalue weighted by molar-refractivity contribution is 7.71. The fraction of sp³-hybridized carbons (Fsp3) is 0.353. The predicted octanol–water partition coefficient (Wildman–Crippen LogP) is 1.36. The van der Waals surface area contributed by atoms with Gasteiger partial charge in [-0.3, -0.25) is 14.7 Å². The first-order valence-electron chi connectivity index (χ1n) is 8.16. The van der Waals surface area contributed by atoms with Crippen molar-refractivity contribution < 1.29 is 14.3 Å². The van der Waals surface area contributed by atoms with Gasteiger partial charge in [0, 0.05) is 14.1 Å². The van der Waals surface area contributed by atoms with Crippen molar-refractivity contribution in [1.82, 2.24) is 19.8 Å². The molecule has 1 aromatic carbocycles. The number of hydrogen-bond donors (Lipinski definition) is 1. The summed E-state index contributed by atoms with van der Waals surface area (Å²) in [4.78, 5) is 25.2. The number of carbonyl (C=O) groups excluding carboxylic acids is 1. The SMILES string of the molecule is CCOc1cc(/C=N\n2c(=S)[nH]nc(C)c2=O)ccc1OCC(=O)N(C)C. The van der Waals surface area contributed by atoms with Crippen molar-refractivity contribution in [3.63, 3.8) is 0 Å². The number of aromatic amines is 1. The second-order valence-corrected chi connectivity index (χ2v) is 6.08. The summed E-state index contributed by atoms with van der Waals surface area (Å²) in [7, 11) is 3.31. The summed E-state index contributed by atoms with van der Waals surface area (Å²) in [6.45, 7) is 3.73. The minimum Gasteiger partial charge on any atom is -0.490 e. The molecule has 0 radical (unpaired) electrons. The van der Waals surface area contributed by atoms with Gasteiger partial charge >= 0.3 is 0 Å². The van der Waals surface area contributed by atoms with Crippen LogP contribution in [-0.4, -0.2) is 59.2 Å². The van der Waals surface area contributed by atoms with Gasteiger partial charge in [0.1, 0.15) is 5.69 Å². The number of rotatable bonds is 7. The van der Waals surface area contributed by atoms with E-state index in [4.69, 9.17) is 21.7 Å². The van der Waals surface area contributed by atoms with Crippen molar-refractivity contribution in [2.45, 2.75) is 13.8 Å². The molecule has 1 amide bonds. The van der Waals surface area contributed by atoms with Crippen LogP contribution in [0.5, 0.6) is 11.5 Å². The van der Waals surface area contributed by atoms with Crippen LogP contribution in [0.25, 0.3) is 0 Å². The molecular weight excluding hydrogens is 370 g/mol. The van der Waals surface area contributed by atoms with Crippen LogP contribution >= 0.6 is 12.2 Å². The molecule has 0 saturated heterocycles. The molecule has 0 atom stereocenters. The Hall–Kier alpha value is -3.01. The molecule has 0 saturated carbocycles. The van der Waals surface area contributed by atoms with E-state index in [0.29, 0.717) is 23.7 Å². The molecule has 0 unspecified atom stereocenters. The van der Waals surface area contributed by atoms with Crippen LogP contribution in [0, 0.1) is 11.7 Å². The smallest absolute Gasteiger partial charge is 0.296 e. The number of aromatic nitrogens is 3. The molecule has 10 heteroatoms. The summed E-state index contributed by atoms with van der Waals surface area (Å²) in [6.07, 6.45) is 1.47. The van der Waals surface area contributed by atoms with Gasteiger partial charge in [-0.25, -0.2) is 0 Å². The average Bonchev–Trinajstić information content (AvgIpc) is 2.64. The van der Waals surface area contributed by atoms with Crippen LogP contribution < -0.4 is 15.0 Å². The molecule has 27 heavy (non-hydrogen) atoms. The number of H-pyrrole nitrogens is 1. The summed E-state index contributed by atoms with van der Waals surface area (Å²) in [5.74, 6) is 0.750. The first kappa shape index (κ1) is 20.3. The summed E-state index contributed by atoms with van der Waals surface area (Å²) < 4.78 is 12.3. The van der Waals surface area contributed by atoms with Crippen LogP contribution in [0.2, 0.25) is 0 Å². The van der Waals surface area contributed by atoms with Crippen molar-refractivity contribution in [1.29, 1.82) is 0 Å². The molecule has 1 N–H and O–H groups in total. The van der Waals surface area contributed by atoms with E-state index in [1.807, 2.05) is 6.92 Å². The number of nitrogens with one attached hydrogen (secondary N) is 1. The van der Waals surface area contributed by atoms with Gasteiger partial charge in [0.2, 0.25) is 4.77 Å². The number of aryl methyl sites for hydroxylation is 1. The normalized spacial score (nSPS) is 10.8. The zero-order valence-electron chi connectivity index (χ0n) is 15.6. The molecule has 0 bridgehead atoms. The van der Waals surface area contributed by atoms with E-state index in [9.17, 15) is 9.59 Å². The number of hydrogen-bond acceptors (Lipinski definition) is 7. The Labute approximate surface area is 161 Å². The van der Waals surface area contributed by atoms with Gasteiger partial charge in [0.05, 0.1) is 12.8 Å². The third kappa shape index (κ3) is 5.23. The molecule has 0 aliphatic rings. The molecule has 9 nitrogen and oxygen atoms in total. The predicted molar refractivity (Wildman–Crippen MR) is 103 cm³/mol. The van der Waals surface area contributed by atoms with E-state index < -0.39 is 5.56 Å². The lowest BCUT2D eigenvalue weighted by atomic mass is 10.2. The van der Waals surface area contributed by atoms with Crippen molar-refractivity contribution in [2.75, 3.05) is 27.3 Å². The number of benzene rings is 1. The van der Waals surface area contributed by atoms with Crippen molar-refractivity contribution in [3.05, 3.63) is 44.6 Å². The third-order valence-electron chi connectivity index (χ3n) is 3.45. The molecule has 0 spiro atoms. The average molecular weight is 391 g/mol. The maximum atomic E-state index is 12.1. The Morgan fingerprint density at radius 2 is 2.11 bits per heavy atom. The Morgan fingerprint density at radius 3 is 2.78 bits per heavy atom. The van der Waals surface area contributed by atoms with E-state index in [1.165, 1.54) is 11.1 Å². The standard InChI is InChI=1S/C17H21N5O4S/c1-5-25-14-8-12(6-7-13(14)26-10-15(23)21(3)4)9-18-22-16(24)11(2)19-20-17(22)27/h6-9H,5,10H2,1-4H3,(H,20,27)/b18-9-. The molecule has 1 aromatic heterocycles. The van der Waals surface area contributed by atoms with E-state index in [1.54, 1.807) is 39.2 Å². The molecule has 2 rings (SSSR count). The highest BCUT2D eigenvalue weighted by Gasteiger charge is 2.10. The number of nitrogens with zero attached hydrogens (tertiary/aromatic N) is 4. The van der Waals surface area contributed by atoms with Crippen LogP contribution in [0.4, 0.5) is 0 Å². The van der Waals surface area contributed by atoms with Crippen LogP contribution in [0.1, 0.15) is 18.2 Å². The highest BCUT2D eigenvalue weighted by Crippen LogP contribution is 2.28. The van der Waals surface area contributed by atoms with Crippen LogP contribution in [0.15, 0.2) is 28.1 Å². The van der Waals surface area contributed by atoms with Gasteiger partial charge in [-0.15, -0.1) is 0 Å². The van der Waals surface area contributed by atoms with Gasteiger partial charge in [0.15, 0.2) is 18.1 Å². The molecule has 144 valence electrons. The number of carbonyl (C=O) groups is 1. The minimum atomic E-state index is -0.401. The molecule has 1 heterocycles. The second kappa shape index (κ2) is 9.08. The van der Waals surface area contributed by atoms with Crippen LogP contribution in [0.3, 0.4) is 0 Å². The lowest BCUT2D eigenvalue weighted by molar-refractivity contribution is -0.130. The summed E-state index contributed by atoms with van der Waals surface area (Å²) in [6, 6.07) is 5.11. The van der Waals surface area contributed by atoms with Gasteiger partial charge < -0.3 is 14.4 Å². The van der Waals surface area contributed by atoms with Gasteiger partial charge in [0.25, 0.3) is 11.5 Å².